The van der Waals surface area contributed by atoms with E-state index in [1.807, 2.05) is 0 Å². The van der Waals surface area contributed by atoms with Gasteiger partial charge < -0.3 is 12.3 Å². The molecule has 18 heavy (non-hydrogen) atoms. The fourth-order valence-electron chi connectivity index (χ4n) is 2.73. The van der Waals surface area contributed by atoms with Crippen LogP contribution in [0.5, 0.6) is 0 Å². The van der Waals surface area contributed by atoms with Gasteiger partial charge in [0.1, 0.15) is 0 Å². The minimum atomic E-state index is -2.17. The van der Waals surface area contributed by atoms with Crippen LogP contribution >= 0.6 is 0 Å². The van der Waals surface area contributed by atoms with Gasteiger partial charge in [0.2, 0.25) is 0 Å². The van der Waals surface area contributed by atoms with Gasteiger partial charge in [-0.15, -0.1) is 0 Å². The fourth-order valence-corrected chi connectivity index (χ4v) is 21.0. The van der Waals surface area contributed by atoms with Crippen molar-refractivity contribution in [1.82, 2.24) is 0 Å². The van der Waals surface area contributed by atoms with E-state index in [4.69, 9.17) is 12.3 Å². The third-order valence-electron chi connectivity index (χ3n) is 3.88. The Morgan fingerprint density at radius 2 is 1.28 bits per heavy atom. The zero-order valence-corrected chi connectivity index (χ0v) is 16.3. The van der Waals surface area contributed by atoms with Crippen molar-refractivity contribution in [2.24, 2.45) is 0 Å². The molecule has 0 spiro atoms. The van der Waals surface area contributed by atoms with E-state index in [1.54, 1.807) is 0 Å². The Kier molecular flexibility index (Phi) is 4.74. The summed E-state index contributed by atoms with van der Waals surface area (Å²) in [5, 5.41) is 0.110. The average Bonchev–Trinajstić information content (AvgIpc) is 2.25. The first-order chi connectivity index (χ1) is 8.05. The van der Waals surface area contributed by atoms with Crippen LogP contribution in [0.3, 0.4) is 0 Å². The predicted molar refractivity (Wildman–Crippen MR) is 83.4 cm³/mol. The van der Waals surface area contributed by atoms with E-state index in [0.717, 1.165) is 18.1 Å². The molecule has 1 heterocycles. The highest BCUT2D eigenvalue weighted by Gasteiger charge is 2.61. The van der Waals surface area contributed by atoms with Gasteiger partial charge in [-0.05, 0) is 31.2 Å². The Hall–Kier alpha value is 0.531. The first kappa shape index (κ1) is 16.6. The largest absolute Gasteiger partial charge is 0.416 e. The van der Waals surface area contributed by atoms with Gasteiger partial charge in [0, 0.05) is 5.04 Å². The maximum Gasteiger partial charge on any atom is 0.325 e. The second-order valence-corrected chi connectivity index (χ2v) is 18.9. The van der Waals surface area contributed by atoms with E-state index in [2.05, 4.69) is 54.6 Å². The van der Waals surface area contributed by atoms with Crippen LogP contribution in [0, 0.1) is 0 Å². The summed E-state index contributed by atoms with van der Waals surface area (Å²) in [6.45, 7) is 17.8. The molecule has 0 aromatic heterocycles. The summed E-state index contributed by atoms with van der Waals surface area (Å²) < 4.78 is 19.6. The lowest BCUT2D eigenvalue weighted by molar-refractivity contribution is 0.200. The van der Waals surface area contributed by atoms with Gasteiger partial charge in [-0.25, -0.2) is 0 Å². The molecule has 1 aliphatic heterocycles. The van der Waals surface area contributed by atoms with Gasteiger partial charge in [-0.2, -0.15) is 0 Å². The van der Waals surface area contributed by atoms with Crippen molar-refractivity contribution in [2.75, 3.05) is 0 Å². The summed E-state index contributed by atoms with van der Waals surface area (Å²) in [6.07, 6.45) is 0. The highest BCUT2D eigenvalue weighted by Crippen LogP contribution is 2.48. The van der Waals surface area contributed by atoms with Crippen LogP contribution in [-0.4, -0.2) is 25.7 Å². The molecule has 0 amide bonds. The van der Waals surface area contributed by atoms with E-state index < -0.39 is 25.7 Å². The summed E-state index contributed by atoms with van der Waals surface area (Å²) in [5.74, 6) is 0. The van der Waals surface area contributed by atoms with Crippen molar-refractivity contribution in [3.63, 3.8) is 0 Å². The van der Waals surface area contributed by atoms with Gasteiger partial charge in [-0.1, -0.05) is 41.5 Å². The third-order valence-corrected chi connectivity index (χ3v) is 18.8. The number of hydrogen-bond donors (Lipinski definition) is 0. The predicted octanol–water partition coefficient (Wildman–Crippen LogP) is 4.50. The van der Waals surface area contributed by atoms with Crippen molar-refractivity contribution in [1.29, 1.82) is 0 Å². The zero-order valence-electron chi connectivity index (χ0n) is 13.3. The van der Waals surface area contributed by atoms with Crippen molar-refractivity contribution >= 4 is 25.7 Å². The summed E-state index contributed by atoms with van der Waals surface area (Å²) in [6, 6.07) is 3.09. The van der Waals surface area contributed by atoms with Crippen LogP contribution in [0.2, 0.25) is 36.3 Å². The Labute approximate surface area is 116 Å². The molecule has 1 aliphatic rings. The standard InChI is InChI=1S/C12H30O3Si3/c1-9-17(10-2)13-16(7,8)14-18(11-3,15-17)12(4,5)6/h9-11H2,1-8H3. The summed E-state index contributed by atoms with van der Waals surface area (Å²) in [4.78, 5) is 0. The van der Waals surface area contributed by atoms with E-state index in [1.165, 1.54) is 0 Å². The molecule has 1 fully saturated rings. The van der Waals surface area contributed by atoms with E-state index in [-0.39, 0.29) is 5.04 Å². The molecule has 6 heteroatoms. The smallest absolute Gasteiger partial charge is 0.325 e. The molecule has 0 saturated carbocycles. The van der Waals surface area contributed by atoms with Gasteiger partial charge in [0.05, 0.1) is 0 Å². The van der Waals surface area contributed by atoms with Gasteiger partial charge in [-0.3, -0.25) is 0 Å². The summed E-state index contributed by atoms with van der Waals surface area (Å²) in [5.41, 5.74) is 0. The molecule has 0 radical (unpaired) electrons. The quantitative estimate of drug-likeness (QED) is 0.719. The lowest BCUT2D eigenvalue weighted by Gasteiger charge is -2.55. The maximum atomic E-state index is 6.68. The lowest BCUT2D eigenvalue weighted by Crippen LogP contribution is -2.70. The maximum absolute atomic E-state index is 6.68. The molecule has 1 atom stereocenters. The van der Waals surface area contributed by atoms with Gasteiger partial charge >= 0.3 is 25.7 Å². The molecular formula is C12H30O3Si3. The normalized spacial score (nSPS) is 31.3. The fraction of sp³-hybridized carbons (Fsp3) is 1.00. The minimum Gasteiger partial charge on any atom is -0.416 e. The monoisotopic (exact) mass is 306 g/mol. The van der Waals surface area contributed by atoms with E-state index >= 15 is 0 Å². The van der Waals surface area contributed by atoms with Crippen LogP contribution < -0.4 is 0 Å². The molecule has 108 valence electrons. The Bertz CT molecular complexity index is 297. The number of rotatable bonds is 3. The molecule has 1 rings (SSSR count). The second-order valence-electron chi connectivity index (χ2n) is 6.68. The lowest BCUT2D eigenvalue weighted by atomic mass is 10.2. The topological polar surface area (TPSA) is 27.7 Å². The zero-order chi connectivity index (χ0) is 14.2. The van der Waals surface area contributed by atoms with Crippen LogP contribution in [0.15, 0.2) is 0 Å². The Morgan fingerprint density at radius 1 is 0.778 bits per heavy atom. The SMILES string of the molecule is CC[Si]1(CC)O[Si](C)(C)O[Si](CC)(C(C)(C)C)O1. The highest BCUT2D eigenvalue weighted by atomic mass is 28.5. The molecule has 0 aliphatic carbocycles. The summed E-state index contributed by atoms with van der Waals surface area (Å²) >= 11 is 0. The second kappa shape index (κ2) is 5.14. The number of hydrogen-bond acceptors (Lipinski definition) is 3. The van der Waals surface area contributed by atoms with Gasteiger partial charge in [0.25, 0.3) is 0 Å². The molecule has 1 unspecified atom stereocenters. The molecule has 3 nitrogen and oxygen atoms in total. The third kappa shape index (κ3) is 2.99. The van der Waals surface area contributed by atoms with Gasteiger partial charge in [0.15, 0.2) is 0 Å². The van der Waals surface area contributed by atoms with E-state index in [0.29, 0.717) is 0 Å². The molecule has 0 aromatic rings. The van der Waals surface area contributed by atoms with Crippen molar-refractivity contribution < 1.29 is 12.3 Å². The first-order valence-electron chi connectivity index (χ1n) is 7.16. The highest BCUT2D eigenvalue weighted by molar-refractivity contribution is 6.94. The van der Waals surface area contributed by atoms with Crippen molar-refractivity contribution in [2.45, 2.75) is 77.8 Å². The molecule has 0 aromatic carbocycles. The molecule has 1 saturated heterocycles. The van der Waals surface area contributed by atoms with Crippen LogP contribution in [0.25, 0.3) is 0 Å². The van der Waals surface area contributed by atoms with E-state index in [9.17, 15) is 0 Å². The van der Waals surface area contributed by atoms with Crippen molar-refractivity contribution in [3.8, 4) is 0 Å². The Morgan fingerprint density at radius 3 is 1.61 bits per heavy atom. The first-order valence-corrected chi connectivity index (χ1v) is 14.2. The average molecular weight is 307 g/mol. The van der Waals surface area contributed by atoms with Crippen LogP contribution in [0.4, 0.5) is 0 Å². The van der Waals surface area contributed by atoms with Crippen LogP contribution in [-0.2, 0) is 12.3 Å². The van der Waals surface area contributed by atoms with Crippen LogP contribution in [0.1, 0.15) is 41.5 Å². The Balaban J connectivity index is 3.21. The van der Waals surface area contributed by atoms with Crippen molar-refractivity contribution in [3.05, 3.63) is 0 Å². The summed E-state index contributed by atoms with van der Waals surface area (Å²) in [7, 11) is -6.24. The molecular weight excluding hydrogens is 276 g/mol. The minimum absolute atomic E-state index is 0.110. The molecule has 0 bridgehead atoms. The molecule has 0 N–H and O–H groups in total.